The lowest BCUT2D eigenvalue weighted by atomic mass is 10.2. The van der Waals surface area contributed by atoms with Crippen LogP contribution < -0.4 is 5.32 Å². The number of halogens is 1. The molecule has 1 unspecified atom stereocenters. The molecule has 1 aromatic rings. The van der Waals surface area contributed by atoms with Gasteiger partial charge in [-0.05, 0) is 6.42 Å². The highest BCUT2D eigenvalue weighted by Crippen LogP contribution is 2.20. The van der Waals surface area contributed by atoms with Crippen LogP contribution in [0.4, 0.5) is 5.82 Å². The maximum absolute atomic E-state index is 11.6. The number of hydrogen-bond acceptors (Lipinski definition) is 4. The Morgan fingerprint density at radius 1 is 1.67 bits per heavy atom. The van der Waals surface area contributed by atoms with Crippen molar-refractivity contribution in [3.05, 3.63) is 17.5 Å². The zero-order valence-electron chi connectivity index (χ0n) is 8.27. The molecule has 0 bridgehead atoms. The lowest BCUT2D eigenvalue weighted by Crippen LogP contribution is -2.31. The van der Waals surface area contributed by atoms with E-state index in [1.807, 2.05) is 0 Å². The highest BCUT2D eigenvalue weighted by atomic mass is 35.5. The van der Waals surface area contributed by atoms with Crippen LogP contribution in [0.25, 0.3) is 0 Å². The number of anilines is 1. The average Bonchev–Trinajstić information content (AvgIpc) is 2.53. The fraction of sp³-hybridized carbons (Fsp3) is 0.444. The Labute approximate surface area is 92.5 Å². The van der Waals surface area contributed by atoms with Gasteiger partial charge in [-0.25, -0.2) is 9.97 Å². The van der Waals surface area contributed by atoms with Crippen molar-refractivity contribution in [3.63, 3.8) is 0 Å². The summed E-state index contributed by atoms with van der Waals surface area (Å²) >= 11 is 5.87. The fourth-order valence-corrected chi connectivity index (χ4v) is 1.70. The molecule has 1 amide bonds. The van der Waals surface area contributed by atoms with Gasteiger partial charge in [0.25, 0.3) is 0 Å². The SMILES string of the molecule is CN1CCC(Nc2ncncc2Cl)C1=O. The molecule has 0 saturated carbocycles. The molecule has 2 rings (SSSR count). The third kappa shape index (κ3) is 2.02. The molecule has 0 spiro atoms. The van der Waals surface area contributed by atoms with E-state index < -0.39 is 0 Å². The minimum absolute atomic E-state index is 0.0738. The van der Waals surface area contributed by atoms with Gasteiger partial charge < -0.3 is 10.2 Å². The predicted molar refractivity (Wildman–Crippen MR) is 56.7 cm³/mol. The van der Waals surface area contributed by atoms with Crippen molar-refractivity contribution < 1.29 is 4.79 Å². The maximum atomic E-state index is 11.6. The third-order valence-electron chi connectivity index (χ3n) is 2.41. The van der Waals surface area contributed by atoms with E-state index in [4.69, 9.17) is 11.6 Å². The van der Waals surface area contributed by atoms with Crippen LogP contribution in [0.5, 0.6) is 0 Å². The number of aromatic nitrogens is 2. The van der Waals surface area contributed by atoms with Gasteiger partial charge in [-0.1, -0.05) is 11.6 Å². The Hall–Kier alpha value is -1.36. The van der Waals surface area contributed by atoms with Gasteiger partial charge in [-0.2, -0.15) is 0 Å². The first kappa shape index (κ1) is 10.2. The first-order chi connectivity index (χ1) is 7.18. The van der Waals surface area contributed by atoms with E-state index >= 15 is 0 Å². The highest BCUT2D eigenvalue weighted by Gasteiger charge is 2.29. The van der Waals surface area contributed by atoms with Gasteiger partial charge in [-0.15, -0.1) is 0 Å². The van der Waals surface area contributed by atoms with Crippen LogP contribution >= 0.6 is 11.6 Å². The number of nitrogens with one attached hydrogen (secondary N) is 1. The standard InChI is InChI=1S/C9H11ClN4O/c1-14-3-2-7(9(14)15)13-8-6(10)4-11-5-12-8/h4-5,7H,2-3H2,1H3,(H,11,12,13). The van der Waals surface area contributed by atoms with E-state index in [9.17, 15) is 4.79 Å². The lowest BCUT2D eigenvalue weighted by Gasteiger charge is -2.12. The Bertz CT molecular complexity index is 384. The smallest absolute Gasteiger partial charge is 0.244 e. The predicted octanol–water partition coefficient (Wildman–Crippen LogP) is 0.773. The van der Waals surface area contributed by atoms with E-state index in [1.165, 1.54) is 12.5 Å². The Kier molecular flexibility index (Phi) is 2.73. The zero-order chi connectivity index (χ0) is 10.8. The van der Waals surface area contributed by atoms with Crippen LogP contribution in [0.3, 0.4) is 0 Å². The summed E-state index contributed by atoms with van der Waals surface area (Å²) in [5.74, 6) is 0.588. The molecule has 1 aromatic heterocycles. The molecule has 1 aliphatic rings. The van der Waals surface area contributed by atoms with Gasteiger partial charge in [0.15, 0.2) is 0 Å². The largest absolute Gasteiger partial charge is 0.357 e. The van der Waals surface area contributed by atoms with Crippen molar-refractivity contribution >= 4 is 23.3 Å². The summed E-state index contributed by atoms with van der Waals surface area (Å²) in [4.78, 5) is 21.0. The van der Waals surface area contributed by atoms with Crippen LogP contribution in [0.15, 0.2) is 12.5 Å². The molecule has 15 heavy (non-hydrogen) atoms. The Balaban J connectivity index is 2.10. The average molecular weight is 227 g/mol. The summed E-state index contributed by atoms with van der Waals surface area (Å²) in [5.41, 5.74) is 0. The van der Waals surface area contributed by atoms with Crippen LogP contribution in [0.2, 0.25) is 5.02 Å². The fourth-order valence-electron chi connectivity index (χ4n) is 1.54. The van der Waals surface area contributed by atoms with Crippen molar-refractivity contribution in [2.24, 2.45) is 0 Å². The first-order valence-corrected chi connectivity index (χ1v) is 5.03. The number of hydrogen-bond donors (Lipinski definition) is 1. The van der Waals surface area contributed by atoms with Gasteiger partial charge in [0.1, 0.15) is 23.2 Å². The molecule has 1 fully saturated rings. The molecule has 1 aliphatic heterocycles. The minimum atomic E-state index is -0.220. The topological polar surface area (TPSA) is 58.1 Å². The maximum Gasteiger partial charge on any atom is 0.244 e. The monoisotopic (exact) mass is 226 g/mol. The molecular formula is C9H11ClN4O. The summed E-state index contributed by atoms with van der Waals surface area (Å²) in [5, 5.41) is 3.45. The number of rotatable bonds is 2. The van der Waals surface area contributed by atoms with E-state index in [-0.39, 0.29) is 11.9 Å². The first-order valence-electron chi connectivity index (χ1n) is 4.65. The quantitative estimate of drug-likeness (QED) is 0.810. The Morgan fingerprint density at radius 2 is 2.47 bits per heavy atom. The van der Waals surface area contributed by atoms with Crippen molar-refractivity contribution in [1.29, 1.82) is 0 Å². The van der Waals surface area contributed by atoms with Crippen molar-refractivity contribution in [2.75, 3.05) is 18.9 Å². The van der Waals surface area contributed by atoms with Gasteiger partial charge in [-0.3, -0.25) is 4.79 Å². The van der Waals surface area contributed by atoms with E-state index in [0.717, 1.165) is 13.0 Å². The summed E-state index contributed by atoms with van der Waals surface area (Å²) in [6.45, 7) is 0.763. The normalized spacial score (nSPS) is 20.8. The van der Waals surface area contributed by atoms with E-state index in [0.29, 0.717) is 10.8 Å². The molecule has 80 valence electrons. The number of likely N-dealkylation sites (N-methyl/N-ethyl adjacent to an activating group) is 1. The van der Waals surface area contributed by atoms with Crippen LogP contribution in [0.1, 0.15) is 6.42 Å². The van der Waals surface area contributed by atoms with Crippen LogP contribution in [-0.4, -0.2) is 40.4 Å². The molecule has 0 radical (unpaired) electrons. The summed E-state index contributed by atoms with van der Waals surface area (Å²) in [6.07, 6.45) is 3.67. The highest BCUT2D eigenvalue weighted by molar-refractivity contribution is 6.32. The lowest BCUT2D eigenvalue weighted by molar-refractivity contribution is -0.127. The zero-order valence-corrected chi connectivity index (χ0v) is 9.03. The van der Waals surface area contributed by atoms with Gasteiger partial charge in [0.05, 0.1) is 6.20 Å². The number of nitrogens with zero attached hydrogens (tertiary/aromatic N) is 3. The van der Waals surface area contributed by atoms with Crippen LogP contribution in [-0.2, 0) is 4.79 Å². The molecule has 2 heterocycles. The summed E-state index contributed by atoms with van der Waals surface area (Å²) in [6, 6.07) is -0.220. The van der Waals surface area contributed by atoms with Crippen molar-refractivity contribution in [1.82, 2.24) is 14.9 Å². The number of carbonyl (C=O) groups excluding carboxylic acids is 1. The van der Waals surface area contributed by atoms with E-state index in [1.54, 1.807) is 11.9 Å². The van der Waals surface area contributed by atoms with Crippen molar-refractivity contribution in [2.45, 2.75) is 12.5 Å². The van der Waals surface area contributed by atoms with Crippen LogP contribution in [0, 0.1) is 0 Å². The Morgan fingerprint density at radius 3 is 3.07 bits per heavy atom. The molecule has 1 N–H and O–H groups in total. The number of likely N-dealkylation sites (tertiary alicyclic amines) is 1. The van der Waals surface area contributed by atoms with Gasteiger partial charge in [0, 0.05) is 13.6 Å². The summed E-state index contributed by atoms with van der Waals surface area (Å²) < 4.78 is 0. The molecule has 0 aliphatic carbocycles. The molecular weight excluding hydrogens is 216 g/mol. The number of carbonyl (C=O) groups is 1. The molecule has 0 aromatic carbocycles. The number of amides is 1. The second kappa shape index (κ2) is 4.02. The summed E-state index contributed by atoms with van der Waals surface area (Å²) in [7, 11) is 1.78. The minimum Gasteiger partial charge on any atom is -0.357 e. The second-order valence-corrected chi connectivity index (χ2v) is 3.87. The van der Waals surface area contributed by atoms with Gasteiger partial charge >= 0.3 is 0 Å². The third-order valence-corrected chi connectivity index (χ3v) is 2.68. The van der Waals surface area contributed by atoms with Gasteiger partial charge in [0.2, 0.25) is 5.91 Å². The second-order valence-electron chi connectivity index (χ2n) is 3.46. The molecule has 5 nitrogen and oxygen atoms in total. The molecule has 1 saturated heterocycles. The molecule has 1 atom stereocenters. The molecule has 6 heteroatoms. The van der Waals surface area contributed by atoms with Crippen molar-refractivity contribution in [3.8, 4) is 0 Å². The van der Waals surface area contributed by atoms with E-state index in [2.05, 4.69) is 15.3 Å².